The Hall–Kier alpha value is -2.08. The van der Waals surface area contributed by atoms with Crippen molar-refractivity contribution in [2.45, 2.75) is 6.42 Å². The highest BCUT2D eigenvalue weighted by atomic mass is 35.5. The van der Waals surface area contributed by atoms with Crippen LogP contribution in [0.2, 0.25) is 0 Å². The summed E-state index contributed by atoms with van der Waals surface area (Å²) in [6, 6.07) is 18.9. The number of piperazine rings is 1. The number of nitrogens with zero attached hydrogens (tertiary/aromatic N) is 2. The van der Waals surface area contributed by atoms with Crippen molar-refractivity contribution in [1.29, 1.82) is 0 Å². The van der Waals surface area contributed by atoms with Crippen LogP contribution in [-0.2, 0) is 6.42 Å². The van der Waals surface area contributed by atoms with E-state index in [1.54, 1.807) is 0 Å². The maximum Gasteiger partial charge on any atom is 0.258 e. The fourth-order valence-corrected chi connectivity index (χ4v) is 4.52. The molecule has 0 radical (unpaired) electrons. The van der Waals surface area contributed by atoms with Crippen LogP contribution in [0.4, 0.5) is 5.69 Å². The van der Waals surface area contributed by atoms with Crippen molar-refractivity contribution in [1.82, 2.24) is 4.90 Å². The first-order valence-electron chi connectivity index (χ1n) is 9.04. The van der Waals surface area contributed by atoms with Gasteiger partial charge in [0.05, 0.1) is 4.88 Å². The Morgan fingerprint density at radius 2 is 1.74 bits per heavy atom. The van der Waals surface area contributed by atoms with Crippen LogP contribution < -0.4 is 10.6 Å². The SMILES string of the molecule is Cl.NC(=O)c1cc2c(N3CCN(CCc4ccccc4)CC3)cccc2s1. The van der Waals surface area contributed by atoms with Crippen molar-refractivity contribution >= 4 is 45.4 Å². The van der Waals surface area contributed by atoms with E-state index < -0.39 is 0 Å². The Balaban J connectivity index is 0.00000210. The molecule has 2 N–H and O–H groups in total. The highest BCUT2D eigenvalue weighted by Crippen LogP contribution is 2.33. The Morgan fingerprint density at radius 3 is 2.44 bits per heavy atom. The van der Waals surface area contributed by atoms with E-state index >= 15 is 0 Å². The lowest BCUT2D eigenvalue weighted by Crippen LogP contribution is -2.47. The molecule has 4 rings (SSSR count). The van der Waals surface area contributed by atoms with Crippen LogP contribution in [-0.4, -0.2) is 43.5 Å². The maximum atomic E-state index is 11.5. The van der Waals surface area contributed by atoms with Crippen LogP contribution in [0.1, 0.15) is 15.2 Å². The highest BCUT2D eigenvalue weighted by molar-refractivity contribution is 7.20. The molecule has 1 aliphatic heterocycles. The molecule has 2 heterocycles. The molecule has 1 saturated heterocycles. The van der Waals surface area contributed by atoms with E-state index in [0.29, 0.717) is 4.88 Å². The molecule has 3 aromatic rings. The van der Waals surface area contributed by atoms with Crippen molar-refractivity contribution in [3.05, 3.63) is 65.0 Å². The summed E-state index contributed by atoms with van der Waals surface area (Å²) < 4.78 is 1.13. The molecule has 0 aliphatic carbocycles. The third-order valence-electron chi connectivity index (χ3n) is 5.05. The molecular weight excluding hydrogens is 378 g/mol. The van der Waals surface area contributed by atoms with Crippen molar-refractivity contribution < 1.29 is 4.79 Å². The molecule has 0 saturated carbocycles. The van der Waals surface area contributed by atoms with E-state index in [9.17, 15) is 4.79 Å². The van der Waals surface area contributed by atoms with Gasteiger partial charge in [0.25, 0.3) is 5.91 Å². The molecule has 0 spiro atoms. The Kier molecular flexibility index (Phi) is 6.37. The quantitative estimate of drug-likeness (QED) is 0.707. The summed E-state index contributed by atoms with van der Waals surface area (Å²) in [7, 11) is 0. The van der Waals surface area contributed by atoms with Gasteiger partial charge in [0.2, 0.25) is 0 Å². The van der Waals surface area contributed by atoms with Gasteiger partial charge in [-0.1, -0.05) is 36.4 Å². The molecule has 1 aromatic heterocycles. The average molecular weight is 402 g/mol. The van der Waals surface area contributed by atoms with E-state index in [0.717, 1.165) is 49.2 Å². The minimum absolute atomic E-state index is 0. The summed E-state index contributed by atoms with van der Waals surface area (Å²) in [5, 5.41) is 1.14. The number of rotatable bonds is 5. The van der Waals surface area contributed by atoms with Crippen LogP contribution in [0.3, 0.4) is 0 Å². The zero-order chi connectivity index (χ0) is 17.9. The number of hydrogen-bond donors (Lipinski definition) is 1. The first-order chi connectivity index (χ1) is 12.7. The molecular formula is C21H24ClN3OS. The number of nitrogens with two attached hydrogens (primary N) is 1. The fraction of sp³-hybridized carbons (Fsp3) is 0.286. The van der Waals surface area contributed by atoms with Crippen LogP contribution >= 0.6 is 23.7 Å². The zero-order valence-corrected chi connectivity index (χ0v) is 16.8. The van der Waals surface area contributed by atoms with Crippen molar-refractivity contribution in [3.8, 4) is 0 Å². The minimum Gasteiger partial charge on any atom is -0.368 e. The van der Waals surface area contributed by atoms with Crippen LogP contribution in [0, 0.1) is 0 Å². The number of carbonyl (C=O) groups is 1. The average Bonchev–Trinajstić information content (AvgIpc) is 3.12. The van der Waals surface area contributed by atoms with E-state index in [2.05, 4.69) is 58.3 Å². The van der Waals surface area contributed by atoms with E-state index in [-0.39, 0.29) is 18.3 Å². The first-order valence-corrected chi connectivity index (χ1v) is 9.86. The highest BCUT2D eigenvalue weighted by Gasteiger charge is 2.19. The smallest absolute Gasteiger partial charge is 0.258 e. The predicted molar refractivity (Wildman–Crippen MR) is 116 cm³/mol. The lowest BCUT2D eigenvalue weighted by atomic mass is 10.1. The molecule has 2 aromatic carbocycles. The monoisotopic (exact) mass is 401 g/mol. The van der Waals surface area contributed by atoms with Gasteiger partial charge in [-0.05, 0) is 30.2 Å². The number of hydrogen-bond acceptors (Lipinski definition) is 4. The van der Waals surface area contributed by atoms with E-state index in [1.165, 1.54) is 22.6 Å². The number of anilines is 1. The number of benzene rings is 2. The van der Waals surface area contributed by atoms with E-state index in [4.69, 9.17) is 5.73 Å². The molecule has 142 valence electrons. The number of halogens is 1. The van der Waals surface area contributed by atoms with Gasteiger partial charge in [0.1, 0.15) is 0 Å². The molecule has 0 unspecified atom stereocenters. The number of thiophene rings is 1. The normalized spacial score (nSPS) is 14.9. The topological polar surface area (TPSA) is 49.6 Å². The van der Waals surface area contributed by atoms with Gasteiger partial charge in [0.15, 0.2) is 0 Å². The molecule has 0 bridgehead atoms. The van der Waals surface area contributed by atoms with Crippen molar-refractivity contribution in [3.63, 3.8) is 0 Å². The molecule has 27 heavy (non-hydrogen) atoms. The second kappa shape index (κ2) is 8.74. The first kappa shape index (κ1) is 19.7. The summed E-state index contributed by atoms with van der Waals surface area (Å²) >= 11 is 1.48. The van der Waals surface area contributed by atoms with Crippen molar-refractivity contribution in [2.24, 2.45) is 5.73 Å². The van der Waals surface area contributed by atoms with E-state index in [1.807, 2.05) is 6.07 Å². The van der Waals surface area contributed by atoms with Crippen LogP contribution in [0.15, 0.2) is 54.6 Å². The molecule has 6 heteroatoms. The number of amides is 1. The molecule has 1 fully saturated rings. The van der Waals surface area contributed by atoms with Gasteiger partial charge in [-0.25, -0.2) is 0 Å². The lowest BCUT2D eigenvalue weighted by Gasteiger charge is -2.36. The molecule has 1 amide bonds. The summed E-state index contributed by atoms with van der Waals surface area (Å²) in [4.78, 5) is 17.1. The van der Waals surface area contributed by atoms with Gasteiger partial charge in [0, 0.05) is 48.5 Å². The number of primary amides is 1. The Bertz CT molecular complexity index is 904. The predicted octanol–water partition coefficient (Wildman–Crippen LogP) is 3.79. The van der Waals surface area contributed by atoms with Crippen LogP contribution in [0.5, 0.6) is 0 Å². The van der Waals surface area contributed by atoms with Gasteiger partial charge >= 0.3 is 0 Å². The largest absolute Gasteiger partial charge is 0.368 e. The Morgan fingerprint density at radius 1 is 1.00 bits per heavy atom. The summed E-state index contributed by atoms with van der Waals surface area (Å²) in [6.45, 7) is 5.25. The molecule has 1 aliphatic rings. The van der Waals surface area contributed by atoms with Crippen LogP contribution in [0.25, 0.3) is 10.1 Å². The second-order valence-corrected chi connectivity index (χ2v) is 7.81. The summed E-state index contributed by atoms with van der Waals surface area (Å²) in [5.41, 5.74) is 8.07. The number of carbonyl (C=O) groups excluding carboxylic acids is 1. The van der Waals surface area contributed by atoms with Gasteiger partial charge in [-0.15, -0.1) is 23.7 Å². The zero-order valence-electron chi connectivity index (χ0n) is 15.1. The summed E-state index contributed by atoms with van der Waals surface area (Å²) in [5.74, 6) is -0.345. The standard InChI is InChI=1S/C21H23N3OS.ClH/c22-21(25)20-15-17-18(7-4-8-19(17)26-20)24-13-11-23(12-14-24)10-9-16-5-2-1-3-6-16;/h1-8,15H,9-14H2,(H2,22,25);1H. The van der Waals surface area contributed by atoms with Gasteiger partial charge < -0.3 is 10.6 Å². The minimum atomic E-state index is -0.345. The Labute approximate surface area is 170 Å². The third kappa shape index (κ3) is 4.43. The third-order valence-corrected chi connectivity index (χ3v) is 6.17. The molecule has 0 atom stereocenters. The number of fused-ring (bicyclic) bond motifs is 1. The maximum absolute atomic E-state index is 11.5. The second-order valence-electron chi connectivity index (χ2n) is 6.73. The molecule has 4 nitrogen and oxygen atoms in total. The van der Waals surface area contributed by atoms with Gasteiger partial charge in [-0.3, -0.25) is 9.69 Å². The van der Waals surface area contributed by atoms with Gasteiger partial charge in [-0.2, -0.15) is 0 Å². The summed E-state index contributed by atoms with van der Waals surface area (Å²) in [6.07, 6.45) is 1.10. The lowest BCUT2D eigenvalue weighted by molar-refractivity contribution is 0.100. The fourth-order valence-electron chi connectivity index (χ4n) is 3.59. The van der Waals surface area contributed by atoms with Crippen molar-refractivity contribution in [2.75, 3.05) is 37.6 Å².